The first kappa shape index (κ1) is 21.4. The van der Waals surface area contributed by atoms with Crippen molar-refractivity contribution in [3.63, 3.8) is 0 Å². The Morgan fingerprint density at radius 3 is 2.36 bits per heavy atom. The molecule has 2 aromatic heterocycles. The minimum absolute atomic E-state index is 0.0131. The van der Waals surface area contributed by atoms with Gasteiger partial charge in [0, 0.05) is 42.7 Å². The first-order valence-electron chi connectivity index (χ1n) is 11.0. The van der Waals surface area contributed by atoms with Crippen LogP contribution in [0.15, 0.2) is 78.0 Å². The van der Waals surface area contributed by atoms with Crippen LogP contribution in [0.1, 0.15) is 34.7 Å². The molecule has 2 aromatic carbocycles. The lowest BCUT2D eigenvalue weighted by Gasteiger charge is -2.32. The fourth-order valence-electron chi connectivity index (χ4n) is 4.54. The highest BCUT2D eigenvalue weighted by Gasteiger charge is 2.26. The minimum Gasteiger partial charge on any atom is -0.345 e. The van der Waals surface area contributed by atoms with E-state index in [4.69, 9.17) is 0 Å². The lowest BCUT2D eigenvalue weighted by molar-refractivity contribution is 0.0715. The molecular weight excluding hydrogens is 434 g/mol. The molecule has 1 saturated heterocycles. The summed E-state index contributed by atoms with van der Waals surface area (Å²) in [5.74, 6) is 0.500. The van der Waals surface area contributed by atoms with Crippen LogP contribution in [0, 0.1) is 0 Å². The van der Waals surface area contributed by atoms with Gasteiger partial charge in [0.15, 0.2) is 9.84 Å². The Morgan fingerprint density at radius 2 is 1.70 bits per heavy atom. The van der Waals surface area contributed by atoms with Gasteiger partial charge in [-0.1, -0.05) is 42.5 Å². The number of nitrogens with one attached hydrogen (secondary N) is 1. The van der Waals surface area contributed by atoms with Crippen molar-refractivity contribution in [3.8, 4) is 11.1 Å². The first-order chi connectivity index (χ1) is 15.9. The van der Waals surface area contributed by atoms with Crippen molar-refractivity contribution in [1.82, 2.24) is 14.9 Å². The number of aromatic nitrogens is 2. The molecule has 1 fully saturated rings. The number of piperidine rings is 1. The second kappa shape index (κ2) is 8.48. The van der Waals surface area contributed by atoms with Crippen molar-refractivity contribution in [2.24, 2.45) is 0 Å². The number of carbonyl (C=O) groups is 1. The van der Waals surface area contributed by atoms with E-state index in [2.05, 4.69) is 34.2 Å². The highest BCUT2D eigenvalue weighted by molar-refractivity contribution is 7.90. The third-order valence-corrected chi connectivity index (χ3v) is 7.56. The Bertz CT molecular complexity index is 1400. The lowest BCUT2D eigenvalue weighted by Crippen LogP contribution is -2.37. The fraction of sp³-hybridized carbons (Fsp3) is 0.231. The summed E-state index contributed by atoms with van der Waals surface area (Å²) >= 11 is 0. The molecule has 7 heteroatoms. The molecule has 0 radical (unpaired) electrons. The van der Waals surface area contributed by atoms with E-state index < -0.39 is 9.84 Å². The van der Waals surface area contributed by atoms with Gasteiger partial charge in [-0.15, -0.1) is 0 Å². The minimum atomic E-state index is -3.25. The summed E-state index contributed by atoms with van der Waals surface area (Å²) in [5, 5.41) is 0.773. The highest BCUT2D eigenvalue weighted by atomic mass is 32.2. The SMILES string of the molecule is CS(=O)(=O)c1ccc(-c2cnc3[nH]cc(C(=O)N4CCC(c5ccccc5)CC4)c3c2)cc1. The number of fused-ring (bicyclic) bond motifs is 1. The maximum Gasteiger partial charge on any atom is 0.256 e. The average Bonchev–Trinajstić information content (AvgIpc) is 3.27. The number of carbonyl (C=O) groups excluding carboxylic acids is 1. The fourth-order valence-corrected chi connectivity index (χ4v) is 5.17. The molecule has 1 aliphatic heterocycles. The van der Waals surface area contributed by atoms with Crippen molar-refractivity contribution in [2.75, 3.05) is 19.3 Å². The van der Waals surface area contributed by atoms with Crippen LogP contribution in [-0.4, -0.2) is 48.5 Å². The Kier molecular flexibility index (Phi) is 5.50. The molecule has 168 valence electrons. The van der Waals surface area contributed by atoms with E-state index in [1.54, 1.807) is 36.7 Å². The summed E-state index contributed by atoms with van der Waals surface area (Å²) in [4.78, 5) is 23.1. The lowest BCUT2D eigenvalue weighted by atomic mass is 9.89. The van der Waals surface area contributed by atoms with Crippen LogP contribution in [0.5, 0.6) is 0 Å². The summed E-state index contributed by atoms with van der Waals surface area (Å²) in [6, 6.07) is 19.2. The van der Waals surface area contributed by atoms with Crippen LogP contribution in [-0.2, 0) is 9.84 Å². The number of benzene rings is 2. The van der Waals surface area contributed by atoms with Gasteiger partial charge in [0.05, 0.1) is 10.5 Å². The third kappa shape index (κ3) is 4.28. The van der Waals surface area contributed by atoms with Gasteiger partial charge in [0.1, 0.15) is 5.65 Å². The Morgan fingerprint density at radius 1 is 1.00 bits per heavy atom. The second-order valence-corrected chi connectivity index (χ2v) is 10.6. The average molecular weight is 460 g/mol. The topological polar surface area (TPSA) is 83.1 Å². The van der Waals surface area contributed by atoms with Crippen LogP contribution in [0.3, 0.4) is 0 Å². The van der Waals surface area contributed by atoms with E-state index in [-0.39, 0.29) is 10.8 Å². The third-order valence-electron chi connectivity index (χ3n) is 6.43. The summed E-state index contributed by atoms with van der Waals surface area (Å²) < 4.78 is 23.5. The van der Waals surface area contributed by atoms with Gasteiger partial charge in [-0.05, 0) is 48.1 Å². The van der Waals surface area contributed by atoms with E-state index in [0.29, 0.717) is 17.1 Å². The van der Waals surface area contributed by atoms with Crippen LogP contribution in [0.2, 0.25) is 0 Å². The molecule has 0 saturated carbocycles. The van der Waals surface area contributed by atoms with Crippen LogP contribution < -0.4 is 0 Å². The Hall–Kier alpha value is -3.45. The molecule has 0 atom stereocenters. The number of hydrogen-bond donors (Lipinski definition) is 1. The molecule has 0 unspecified atom stereocenters. The predicted molar refractivity (Wildman–Crippen MR) is 129 cm³/mol. The first-order valence-corrected chi connectivity index (χ1v) is 12.9. The van der Waals surface area contributed by atoms with E-state index in [0.717, 1.165) is 42.4 Å². The van der Waals surface area contributed by atoms with E-state index >= 15 is 0 Å². The number of likely N-dealkylation sites (tertiary alicyclic amines) is 1. The molecule has 0 spiro atoms. The smallest absolute Gasteiger partial charge is 0.256 e. The van der Waals surface area contributed by atoms with Crippen molar-refractivity contribution in [2.45, 2.75) is 23.7 Å². The number of pyridine rings is 1. The highest BCUT2D eigenvalue weighted by Crippen LogP contribution is 2.30. The number of hydrogen-bond acceptors (Lipinski definition) is 4. The summed E-state index contributed by atoms with van der Waals surface area (Å²) in [7, 11) is -3.25. The molecule has 1 aliphatic rings. The largest absolute Gasteiger partial charge is 0.345 e. The van der Waals surface area contributed by atoms with E-state index in [1.807, 2.05) is 17.0 Å². The number of rotatable bonds is 4. The van der Waals surface area contributed by atoms with Gasteiger partial charge in [-0.3, -0.25) is 4.79 Å². The Balaban J connectivity index is 1.37. The maximum absolute atomic E-state index is 13.3. The number of sulfone groups is 1. The quantitative estimate of drug-likeness (QED) is 0.481. The monoisotopic (exact) mass is 459 g/mol. The molecule has 3 heterocycles. The van der Waals surface area contributed by atoms with Crippen LogP contribution >= 0.6 is 0 Å². The standard InChI is InChI=1S/C26H25N3O3S/c1-33(31,32)22-9-7-19(8-10-22)21-15-23-24(17-28-25(23)27-16-21)26(30)29-13-11-20(12-14-29)18-5-3-2-4-6-18/h2-10,15-17,20H,11-14H2,1H3,(H,27,28). The Labute approximate surface area is 193 Å². The van der Waals surface area contributed by atoms with Crippen molar-refractivity contribution < 1.29 is 13.2 Å². The van der Waals surface area contributed by atoms with Gasteiger partial charge in [0.2, 0.25) is 0 Å². The zero-order valence-electron chi connectivity index (χ0n) is 18.4. The zero-order chi connectivity index (χ0) is 23.0. The van der Waals surface area contributed by atoms with Gasteiger partial charge < -0.3 is 9.88 Å². The summed E-state index contributed by atoms with van der Waals surface area (Å²) in [6.45, 7) is 1.45. The van der Waals surface area contributed by atoms with Crippen molar-refractivity contribution >= 4 is 26.8 Å². The molecule has 4 aromatic rings. The summed E-state index contributed by atoms with van der Waals surface area (Å²) in [5.41, 5.74) is 4.30. The molecule has 5 rings (SSSR count). The van der Waals surface area contributed by atoms with Gasteiger partial charge in [-0.2, -0.15) is 0 Å². The van der Waals surface area contributed by atoms with E-state index in [9.17, 15) is 13.2 Å². The molecule has 33 heavy (non-hydrogen) atoms. The van der Waals surface area contributed by atoms with Gasteiger partial charge in [-0.25, -0.2) is 13.4 Å². The molecule has 6 nitrogen and oxygen atoms in total. The van der Waals surface area contributed by atoms with Crippen LogP contribution in [0.25, 0.3) is 22.2 Å². The number of H-pyrrole nitrogens is 1. The molecular formula is C26H25N3O3S. The molecule has 1 N–H and O–H groups in total. The van der Waals surface area contributed by atoms with Crippen molar-refractivity contribution in [1.29, 1.82) is 0 Å². The molecule has 1 amide bonds. The summed E-state index contributed by atoms with van der Waals surface area (Å²) in [6.07, 6.45) is 6.56. The molecule has 0 aliphatic carbocycles. The van der Waals surface area contributed by atoms with E-state index in [1.165, 1.54) is 11.8 Å². The van der Waals surface area contributed by atoms with Gasteiger partial charge in [0.25, 0.3) is 5.91 Å². The van der Waals surface area contributed by atoms with Crippen LogP contribution in [0.4, 0.5) is 0 Å². The number of aromatic amines is 1. The molecule has 0 bridgehead atoms. The van der Waals surface area contributed by atoms with Crippen molar-refractivity contribution in [3.05, 3.63) is 84.2 Å². The van der Waals surface area contributed by atoms with Gasteiger partial charge >= 0.3 is 0 Å². The second-order valence-electron chi connectivity index (χ2n) is 8.60. The maximum atomic E-state index is 13.3. The number of nitrogens with zero attached hydrogens (tertiary/aromatic N) is 2. The predicted octanol–water partition coefficient (Wildman–Crippen LogP) is 4.65. The zero-order valence-corrected chi connectivity index (χ0v) is 19.2. The number of amides is 1. The normalized spacial score (nSPS) is 15.1.